The number of hydrogen-bond donors (Lipinski definition) is 2. The van der Waals surface area contributed by atoms with E-state index in [1.54, 1.807) is 6.07 Å². The number of carbonyl (C=O) groups excluding carboxylic acids is 1. The van der Waals surface area contributed by atoms with Gasteiger partial charge in [-0.15, -0.1) is 0 Å². The summed E-state index contributed by atoms with van der Waals surface area (Å²) < 4.78 is 5.04. The molecule has 0 aliphatic rings. The lowest BCUT2D eigenvalue weighted by atomic mass is 10.0. The SMILES string of the molecule is CCC(C)C(C)NC(=O)c1cc(OC)ccc1O. The van der Waals surface area contributed by atoms with Gasteiger partial charge < -0.3 is 15.2 Å². The van der Waals surface area contributed by atoms with Crippen molar-refractivity contribution >= 4 is 5.91 Å². The molecule has 18 heavy (non-hydrogen) atoms. The lowest BCUT2D eigenvalue weighted by Gasteiger charge is -2.20. The number of benzene rings is 1. The predicted octanol–water partition coefficient (Wildman–Crippen LogP) is 2.57. The van der Waals surface area contributed by atoms with Crippen molar-refractivity contribution in [3.8, 4) is 11.5 Å². The second-order valence-electron chi connectivity index (χ2n) is 4.53. The first-order valence-electron chi connectivity index (χ1n) is 6.17. The van der Waals surface area contributed by atoms with Gasteiger partial charge in [0.05, 0.1) is 12.7 Å². The molecule has 1 aromatic carbocycles. The minimum atomic E-state index is -0.279. The first kappa shape index (κ1) is 14.4. The zero-order valence-corrected chi connectivity index (χ0v) is 11.4. The van der Waals surface area contributed by atoms with Gasteiger partial charge in [-0.3, -0.25) is 4.79 Å². The number of carbonyl (C=O) groups is 1. The summed E-state index contributed by atoms with van der Waals surface area (Å²) in [5, 5.41) is 12.6. The molecule has 4 heteroatoms. The Hall–Kier alpha value is -1.71. The Morgan fingerprint density at radius 3 is 2.67 bits per heavy atom. The topological polar surface area (TPSA) is 58.6 Å². The highest BCUT2D eigenvalue weighted by molar-refractivity contribution is 5.97. The van der Waals surface area contributed by atoms with Crippen LogP contribution >= 0.6 is 0 Å². The van der Waals surface area contributed by atoms with Crippen LogP contribution in [0.5, 0.6) is 11.5 Å². The lowest BCUT2D eigenvalue weighted by Crippen LogP contribution is -2.36. The number of ether oxygens (including phenoxy) is 1. The summed E-state index contributed by atoms with van der Waals surface area (Å²) in [7, 11) is 1.52. The summed E-state index contributed by atoms with van der Waals surface area (Å²) in [6, 6.07) is 4.67. The fourth-order valence-electron chi connectivity index (χ4n) is 1.60. The van der Waals surface area contributed by atoms with Crippen LogP contribution < -0.4 is 10.1 Å². The fourth-order valence-corrected chi connectivity index (χ4v) is 1.60. The van der Waals surface area contributed by atoms with Gasteiger partial charge in [0.25, 0.3) is 5.91 Å². The van der Waals surface area contributed by atoms with E-state index in [4.69, 9.17) is 4.74 Å². The van der Waals surface area contributed by atoms with Crippen LogP contribution in [-0.2, 0) is 0 Å². The van der Waals surface area contributed by atoms with Crippen molar-refractivity contribution in [3.63, 3.8) is 0 Å². The van der Waals surface area contributed by atoms with Crippen molar-refractivity contribution in [1.29, 1.82) is 0 Å². The maximum absolute atomic E-state index is 12.0. The molecule has 0 bridgehead atoms. The third-order valence-corrected chi connectivity index (χ3v) is 3.30. The summed E-state index contributed by atoms with van der Waals surface area (Å²) in [6.07, 6.45) is 0.992. The van der Waals surface area contributed by atoms with E-state index in [1.165, 1.54) is 19.2 Å². The Kier molecular flexibility index (Phi) is 5.01. The zero-order valence-electron chi connectivity index (χ0n) is 11.4. The number of aromatic hydroxyl groups is 1. The van der Waals surface area contributed by atoms with Gasteiger partial charge in [0.15, 0.2) is 0 Å². The molecule has 1 aromatic rings. The van der Waals surface area contributed by atoms with Crippen molar-refractivity contribution in [2.75, 3.05) is 7.11 Å². The quantitative estimate of drug-likeness (QED) is 0.845. The Morgan fingerprint density at radius 1 is 1.44 bits per heavy atom. The van der Waals surface area contributed by atoms with E-state index in [0.29, 0.717) is 11.7 Å². The fraction of sp³-hybridized carbons (Fsp3) is 0.500. The average Bonchev–Trinajstić information content (AvgIpc) is 2.38. The maximum Gasteiger partial charge on any atom is 0.255 e. The second-order valence-corrected chi connectivity index (χ2v) is 4.53. The Morgan fingerprint density at radius 2 is 2.11 bits per heavy atom. The molecule has 0 aromatic heterocycles. The van der Waals surface area contributed by atoms with Crippen LogP contribution in [0.2, 0.25) is 0 Å². The van der Waals surface area contributed by atoms with Crippen molar-refractivity contribution < 1.29 is 14.6 Å². The summed E-state index contributed by atoms with van der Waals surface area (Å²) >= 11 is 0. The van der Waals surface area contributed by atoms with E-state index >= 15 is 0 Å². The van der Waals surface area contributed by atoms with Crippen LogP contribution in [0.3, 0.4) is 0 Å². The van der Waals surface area contributed by atoms with E-state index in [-0.39, 0.29) is 23.3 Å². The van der Waals surface area contributed by atoms with Crippen LogP contribution in [0.1, 0.15) is 37.6 Å². The molecule has 0 saturated heterocycles. The number of nitrogens with one attached hydrogen (secondary N) is 1. The molecule has 4 nitrogen and oxygen atoms in total. The van der Waals surface area contributed by atoms with Gasteiger partial charge in [-0.05, 0) is 31.0 Å². The standard InChI is InChI=1S/C14H21NO3/c1-5-9(2)10(3)15-14(17)12-8-11(18-4)6-7-13(12)16/h6-10,16H,5H2,1-4H3,(H,15,17). The monoisotopic (exact) mass is 251 g/mol. The minimum Gasteiger partial charge on any atom is -0.507 e. The highest BCUT2D eigenvalue weighted by atomic mass is 16.5. The highest BCUT2D eigenvalue weighted by Crippen LogP contribution is 2.23. The molecule has 2 unspecified atom stereocenters. The van der Waals surface area contributed by atoms with Gasteiger partial charge >= 0.3 is 0 Å². The Balaban J connectivity index is 2.83. The van der Waals surface area contributed by atoms with Crippen molar-refractivity contribution in [2.45, 2.75) is 33.2 Å². The number of phenolic OH excluding ortho intramolecular Hbond substituents is 1. The first-order valence-corrected chi connectivity index (χ1v) is 6.17. The summed E-state index contributed by atoms with van der Waals surface area (Å²) in [5.74, 6) is 0.625. The van der Waals surface area contributed by atoms with E-state index < -0.39 is 0 Å². The Bertz CT molecular complexity index is 418. The molecular weight excluding hydrogens is 230 g/mol. The number of phenols is 1. The largest absolute Gasteiger partial charge is 0.507 e. The third-order valence-electron chi connectivity index (χ3n) is 3.30. The van der Waals surface area contributed by atoms with Crippen molar-refractivity contribution in [1.82, 2.24) is 5.32 Å². The van der Waals surface area contributed by atoms with Gasteiger partial charge in [0.2, 0.25) is 0 Å². The van der Waals surface area contributed by atoms with E-state index in [9.17, 15) is 9.90 Å². The van der Waals surface area contributed by atoms with Gasteiger partial charge in [0.1, 0.15) is 11.5 Å². The molecule has 0 heterocycles. The lowest BCUT2D eigenvalue weighted by molar-refractivity contribution is 0.0925. The van der Waals surface area contributed by atoms with Crippen molar-refractivity contribution in [3.05, 3.63) is 23.8 Å². The molecular formula is C14H21NO3. The normalized spacial score (nSPS) is 13.8. The third kappa shape index (κ3) is 3.39. The minimum absolute atomic E-state index is 0.0374. The number of hydrogen-bond acceptors (Lipinski definition) is 3. The van der Waals surface area contributed by atoms with Crippen LogP contribution in [0.15, 0.2) is 18.2 Å². The maximum atomic E-state index is 12.0. The molecule has 1 amide bonds. The molecule has 1 rings (SSSR count). The Labute approximate surface area is 108 Å². The molecule has 0 aliphatic heterocycles. The van der Waals surface area contributed by atoms with Crippen LogP contribution in [0.4, 0.5) is 0 Å². The molecule has 0 aliphatic carbocycles. The molecule has 2 N–H and O–H groups in total. The second kappa shape index (κ2) is 6.28. The predicted molar refractivity (Wildman–Crippen MR) is 71.0 cm³/mol. The van der Waals surface area contributed by atoms with Crippen LogP contribution in [-0.4, -0.2) is 24.2 Å². The number of amides is 1. The van der Waals surface area contributed by atoms with Gasteiger partial charge in [-0.1, -0.05) is 20.3 Å². The summed E-state index contributed by atoms with van der Waals surface area (Å²) in [6.45, 7) is 6.12. The molecule has 0 radical (unpaired) electrons. The first-order chi connectivity index (χ1) is 8.49. The van der Waals surface area contributed by atoms with Gasteiger partial charge in [-0.2, -0.15) is 0 Å². The average molecular weight is 251 g/mol. The molecule has 2 atom stereocenters. The molecule has 0 spiro atoms. The van der Waals surface area contributed by atoms with E-state index in [1.807, 2.05) is 6.92 Å². The van der Waals surface area contributed by atoms with Gasteiger partial charge in [-0.25, -0.2) is 0 Å². The van der Waals surface area contributed by atoms with Crippen molar-refractivity contribution in [2.24, 2.45) is 5.92 Å². The van der Waals surface area contributed by atoms with Crippen LogP contribution in [0.25, 0.3) is 0 Å². The summed E-state index contributed by atoms with van der Waals surface area (Å²) in [5.41, 5.74) is 0.240. The number of rotatable bonds is 5. The molecule has 0 saturated carbocycles. The van der Waals surface area contributed by atoms with Gasteiger partial charge in [0, 0.05) is 6.04 Å². The number of methoxy groups -OCH3 is 1. The smallest absolute Gasteiger partial charge is 0.255 e. The van der Waals surface area contributed by atoms with E-state index in [0.717, 1.165) is 6.42 Å². The van der Waals surface area contributed by atoms with E-state index in [2.05, 4.69) is 19.2 Å². The van der Waals surface area contributed by atoms with Crippen LogP contribution in [0, 0.1) is 5.92 Å². The molecule has 0 fully saturated rings. The highest BCUT2D eigenvalue weighted by Gasteiger charge is 2.17. The summed E-state index contributed by atoms with van der Waals surface area (Å²) in [4.78, 5) is 12.0. The molecule has 100 valence electrons. The zero-order chi connectivity index (χ0) is 13.7.